The molecule has 22 heavy (non-hydrogen) atoms. The van der Waals surface area contributed by atoms with Gasteiger partial charge in [-0.1, -0.05) is 11.6 Å². The third-order valence-corrected chi connectivity index (χ3v) is 2.99. The van der Waals surface area contributed by atoms with Gasteiger partial charge in [-0.05, 0) is 38.2 Å². The molecule has 0 atom stereocenters. The molecular weight excluding hydrogens is 349 g/mol. The Hall–Kier alpha value is -0.880. The molecule has 0 spiro atoms. The predicted molar refractivity (Wildman–Crippen MR) is 97.2 cm³/mol. The second kappa shape index (κ2) is 13.8. The normalized spacial score (nSPS) is 9.23. The van der Waals surface area contributed by atoms with Gasteiger partial charge >= 0.3 is 0 Å². The first-order chi connectivity index (χ1) is 9.67. The number of nitrogens with one attached hydrogen (secondary N) is 3. The number of hydrogen-bond donors (Lipinski definition) is 3. The van der Waals surface area contributed by atoms with E-state index in [0.717, 1.165) is 18.7 Å². The monoisotopic (exact) mass is 371 g/mol. The fourth-order valence-electron chi connectivity index (χ4n) is 1.71. The third kappa shape index (κ3) is 9.20. The molecule has 0 saturated heterocycles. The van der Waals surface area contributed by atoms with Crippen molar-refractivity contribution in [3.8, 4) is 5.75 Å². The van der Waals surface area contributed by atoms with Crippen molar-refractivity contribution in [3.05, 3.63) is 23.2 Å². The van der Waals surface area contributed by atoms with Crippen LogP contribution in [0.4, 0.5) is 5.69 Å². The van der Waals surface area contributed by atoms with Crippen LogP contribution in [0, 0.1) is 0 Å². The standard InChI is InChI=1S/C14H22ClN3O2.2ClH/c1-16-7-3-8-18-14(19)6-9-17-12-10-11(15)4-5-13(12)20-2;;/h4-5,10,16-17H,3,6-9H2,1-2H3,(H,18,19);2*1H. The van der Waals surface area contributed by atoms with Gasteiger partial charge in [0.25, 0.3) is 0 Å². The number of amides is 1. The smallest absolute Gasteiger partial charge is 0.221 e. The van der Waals surface area contributed by atoms with E-state index in [4.69, 9.17) is 16.3 Å². The maximum Gasteiger partial charge on any atom is 0.221 e. The van der Waals surface area contributed by atoms with Gasteiger partial charge in [0.15, 0.2) is 0 Å². The number of carbonyl (C=O) groups is 1. The summed E-state index contributed by atoms with van der Waals surface area (Å²) in [5.41, 5.74) is 0.794. The van der Waals surface area contributed by atoms with Crippen molar-refractivity contribution in [2.75, 3.05) is 39.1 Å². The highest BCUT2D eigenvalue weighted by atomic mass is 35.5. The van der Waals surface area contributed by atoms with Crippen LogP contribution < -0.4 is 20.7 Å². The lowest BCUT2D eigenvalue weighted by Gasteiger charge is -2.11. The van der Waals surface area contributed by atoms with Crippen LogP contribution in [-0.4, -0.2) is 39.7 Å². The van der Waals surface area contributed by atoms with E-state index in [2.05, 4.69) is 16.0 Å². The number of halogens is 3. The van der Waals surface area contributed by atoms with Gasteiger partial charge in [-0.25, -0.2) is 0 Å². The number of carbonyl (C=O) groups excluding carboxylic acids is 1. The van der Waals surface area contributed by atoms with Crippen LogP contribution >= 0.6 is 36.4 Å². The van der Waals surface area contributed by atoms with Crippen molar-refractivity contribution in [1.29, 1.82) is 0 Å². The molecule has 0 unspecified atom stereocenters. The summed E-state index contributed by atoms with van der Waals surface area (Å²) in [4.78, 5) is 11.6. The van der Waals surface area contributed by atoms with Crippen molar-refractivity contribution in [1.82, 2.24) is 10.6 Å². The lowest BCUT2D eigenvalue weighted by atomic mass is 10.2. The Bertz CT molecular complexity index is 434. The summed E-state index contributed by atoms with van der Waals surface area (Å²) < 4.78 is 5.22. The zero-order valence-corrected chi connectivity index (χ0v) is 15.2. The molecule has 3 N–H and O–H groups in total. The molecule has 0 radical (unpaired) electrons. The van der Waals surface area contributed by atoms with Gasteiger partial charge in [0.1, 0.15) is 5.75 Å². The molecule has 0 aliphatic rings. The third-order valence-electron chi connectivity index (χ3n) is 2.75. The lowest BCUT2D eigenvalue weighted by Crippen LogP contribution is -2.28. The van der Waals surface area contributed by atoms with E-state index in [0.29, 0.717) is 30.3 Å². The Morgan fingerprint density at radius 1 is 1.23 bits per heavy atom. The Kier molecular flexibility index (Phi) is 14.6. The van der Waals surface area contributed by atoms with Gasteiger partial charge in [0.2, 0.25) is 5.91 Å². The molecule has 128 valence electrons. The minimum absolute atomic E-state index is 0. The van der Waals surface area contributed by atoms with Crippen LogP contribution in [0.1, 0.15) is 12.8 Å². The molecule has 0 aromatic heterocycles. The van der Waals surface area contributed by atoms with Gasteiger partial charge in [-0.3, -0.25) is 4.79 Å². The minimum Gasteiger partial charge on any atom is -0.495 e. The maximum absolute atomic E-state index is 11.6. The number of anilines is 1. The van der Waals surface area contributed by atoms with Crippen LogP contribution in [0.15, 0.2) is 18.2 Å². The highest BCUT2D eigenvalue weighted by Crippen LogP contribution is 2.27. The number of methoxy groups -OCH3 is 1. The maximum atomic E-state index is 11.6. The van der Waals surface area contributed by atoms with Crippen LogP contribution in [-0.2, 0) is 4.79 Å². The molecule has 8 heteroatoms. The Balaban J connectivity index is 0. The SMILES string of the molecule is CNCCCNC(=O)CCNc1cc(Cl)ccc1OC.Cl.Cl. The molecule has 1 rings (SSSR count). The van der Waals surface area contributed by atoms with Crippen LogP contribution in [0.25, 0.3) is 0 Å². The van der Waals surface area contributed by atoms with Gasteiger partial charge in [-0.15, -0.1) is 24.8 Å². The van der Waals surface area contributed by atoms with Crippen molar-refractivity contribution in [3.63, 3.8) is 0 Å². The summed E-state index contributed by atoms with van der Waals surface area (Å²) in [6, 6.07) is 5.34. The van der Waals surface area contributed by atoms with Crippen molar-refractivity contribution in [2.24, 2.45) is 0 Å². The first-order valence-corrected chi connectivity index (χ1v) is 7.04. The van der Waals surface area contributed by atoms with Crippen molar-refractivity contribution in [2.45, 2.75) is 12.8 Å². The zero-order chi connectivity index (χ0) is 14.8. The highest BCUT2D eigenvalue weighted by Gasteiger charge is 2.05. The van der Waals surface area contributed by atoms with E-state index < -0.39 is 0 Å². The zero-order valence-electron chi connectivity index (χ0n) is 12.8. The van der Waals surface area contributed by atoms with Gasteiger partial charge in [0.05, 0.1) is 12.8 Å². The molecule has 1 amide bonds. The molecule has 1 aromatic rings. The molecule has 1 aromatic carbocycles. The van der Waals surface area contributed by atoms with Crippen LogP contribution in [0.3, 0.4) is 0 Å². The van der Waals surface area contributed by atoms with Crippen LogP contribution in [0.5, 0.6) is 5.75 Å². The molecule has 0 bridgehead atoms. The second-order valence-electron chi connectivity index (χ2n) is 4.33. The van der Waals surface area contributed by atoms with E-state index >= 15 is 0 Å². The largest absolute Gasteiger partial charge is 0.495 e. The minimum atomic E-state index is 0. The summed E-state index contributed by atoms with van der Waals surface area (Å²) in [7, 11) is 3.49. The number of benzene rings is 1. The highest BCUT2D eigenvalue weighted by molar-refractivity contribution is 6.30. The van der Waals surface area contributed by atoms with Crippen LogP contribution in [0.2, 0.25) is 5.02 Å². The fraction of sp³-hybridized carbons (Fsp3) is 0.500. The molecule has 0 fully saturated rings. The summed E-state index contributed by atoms with van der Waals surface area (Å²) in [6.45, 7) is 2.13. The Labute approximate surface area is 149 Å². The lowest BCUT2D eigenvalue weighted by molar-refractivity contribution is -0.120. The van der Waals surface area contributed by atoms with Crippen molar-refractivity contribution >= 4 is 48.0 Å². The molecule has 0 aliphatic carbocycles. The topological polar surface area (TPSA) is 62.4 Å². The van der Waals surface area contributed by atoms with E-state index in [1.165, 1.54) is 0 Å². The predicted octanol–water partition coefficient (Wildman–Crippen LogP) is 2.72. The van der Waals surface area contributed by atoms with Gasteiger partial charge in [-0.2, -0.15) is 0 Å². The van der Waals surface area contributed by atoms with E-state index in [9.17, 15) is 4.79 Å². The molecule has 0 aliphatic heterocycles. The first-order valence-electron chi connectivity index (χ1n) is 6.66. The van der Waals surface area contributed by atoms with Gasteiger partial charge in [0, 0.05) is 24.5 Å². The quantitative estimate of drug-likeness (QED) is 0.583. The second-order valence-corrected chi connectivity index (χ2v) is 4.76. The number of hydrogen-bond acceptors (Lipinski definition) is 4. The first kappa shape index (κ1) is 23.4. The Morgan fingerprint density at radius 3 is 2.59 bits per heavy atom. The van der Waals surface area contributed by atoms with E-state index in [-0.39, 0.29) is 30.7 Å². The van der Waals surface area contributed by atoms with Gasteiger partial charge < -0.3 is 20.7 Å². The number of rotatable bonds is 9. The van der Waals surface area contributed by atoms with Crippen molar-refractivity contribution < 1.29 is 9.53 Å². The van der Waals surface area contributed by atoms with E-state index in [1.807, 2.05) is 7.05 Å². The number of ether oxygens (including phenoxy) is 1. The summed E-state index contributed by atoms with van der Waals surface area (Å²) in [5.74, 6) is 0.749. The summed E-state index contributed by atoms with van der Waals surface area (Å²) in [6.07, 6.45) is 1.34. The summed E-state index contributed by atoms with van der Waals surface area (Å²) >= 11 is 5.93. The van der Waals surface area contributed by atoms with E-state index in [1.54, 1.807) is 25.3 Å². The fourth-order valence-corrected chi connectivity index (χ4v) is 1.88. The molecule has 0 saturated carbocycles. The molecular formula is C14H24Cl3N3O2. The molecule has 0 heterocycles. The summed E-state index contributed by atoms with van der Waals surface area (Å²) in [5, 5.41) is 9.69. The molecule has 5 nitrogen and oxygen atoms in total. The average molecular weight is 373 g/mol. The average Bonchev–Trinajstić information content (AvgIpc) is 2.44. The Morgan fingerprint density at radius 2 is 1.95 bits per heavy atom.